The van der Waals surface area contributed by atoms with Crippen molar-refractivity contribution in [1.82, 2.24) is 19.8 Å². The smallest absolute Gasteiger partial charge is 0.269 e. The van der Waals surface area contributed by atoms with Crippen molar-refractivity contribution < 1.29 is 5.11 Å². The second-order valence-electron chi connectivity index (χ2n) is 5.39. The van der Waals surface area contributed by atoms with Crippen LogP contribution in [-0.2, 0) is 6.61 Å². The largest absolute Gasteiger partial charge is 0.391 e. The summed E-state index contributed by atoms with van der Waals surface area (Å²) in [5, 5.41) is 20.6. The Morgan fingerprint density at radius 2 is 1.88 bits per heavy atom. The Bertz CT molecular complexity index is 1070. The van der Waals surface area contributed by atoms with Gasteiger partial charge in [0, 0.05) is 17.3 Å². The third-order valence-corrected chi connectivity index (χ3v) is 3.89. The van der Waals surface area contributed by atoms with Crippen molar-refractivity contribution in [2.24, 2.45) is 0 Å². The van der Waals surface area contributed by atoms with Gasteiger partial charge in [0.05, 0.1) is 23.4 Å². The fourth-order valence-corrected chi connectivity index (χ4v) is 2.74. The molecule has 3 aromatic heterocycles. The first-order chi connectivity index (χ1) is 11.8. The van der Waals surface area contributed by atoms with Crippen LogP contribution in [0.1, 0.15) is 5.56 Å². The van der Waals surface area contributed by atoms with Gasteiger partial charge in [0.1, 0.15) is 5.69 Å². The Labute approximate surface area is 137 Å². The molecule has 118 valence electrons. The third kappa shape index (κ3) is 2.29. The van der Waals surface area contributed by atoms with E-state index >= 15 is 0 Å². The standard InChI is InChI=1S/C18H14N4O2/c23-11-13-10-14(19-20-18(13)24)16-15-8-4-5-9-22(15)21-17(16)12-6-2-1-3-7-12/h1-10,23H,11H2,(H,20,24). The number of benzene rings is 1. The molecule has 0 unspecified atom stereocenters. The maximum Gasteiger partial charge on any atom is 0.269 e. The lowest BCUT2D eigenvalue weighted by Gasteiger charge is -2.04. The molecular weight excluding hydrogens is 304 g/mol. The fourth-order valence-electron chi connectivity index (χ4n) is 2.74. The lowest BCUT2D eigenvalue weighted by Crippen LogP contribution is -2.14. The quantitative estimate of drug-likeness (QED) is 0.607. The van der Waals surface area contributed by atoms with Gasteiger partial charge in [0.25, 0.3) is 5.56 Å². The van der Waals surface area contributed by atoms with E-state index in [4.69, 9.17) is 0 Å². The monoisotopic (exact) mass is 318 g/mol. The van der Waals surface area contributed by atoms with Crippen LogP contribution in [0.15, 0.2) is 65.6 Å². The number of nitrogens with zero attached hydrogens (tertiary/aromatic N) is 3. The van der Waals surface area contributed by atoms with Crippen molar-refractivity contribution >= 4 is 5.52 Å². The zero-order valence-electron chi connectivity index (χ0n) is 12.7. The van der Waals surface area contributed by atoms with Crippen LogP contribution >= 0.6 is 0 Å². The summed E-state index contributed by atoms with van der Waals surface area (Å²) >= 11 is 0. The summed E-state index contributed by atoms with van der Waals surface area (Å²) in [5.74, 6) is 0. The number of aliphatic hydroxyl groups is 1. The van der Waals surface area contributed by atoms with Crippen LogP contribution in [0.4, 0.5) is 0 Å². The predicted octanol–water partition coefficient (Wildman–Crippen LogP) is 2.24. The highest BCUT2D eigenvalue weighted by Gasteiger charge is 2.18. The Morgan fingerprint density at radius 1 is 1.08 bits per heavy atom. The number of hydrogen-bond acceptors (Lipinski definition) is 4. The first-order valence-electron chi connectivity index (χ1n) is 7.50. The van der Waals surface area contributed by atoms with E-state index in [0.717, 1.165) is 22.3 Å². The molecule has 2 N–H and O–H groups in total. The van der Waals surface area contributed by atoms with Gasteiger partial charge in [0.2, 0.25) is 0 Å². The Morgan fingerprint density at radius 3 is 2.67 bits per heavy atom. The van der Waals surface area contributed by atoms with Crippen molar-refractivity contribution in [1.29, 1.82) is 0 Å². The predicted molar refractivity (Wildman–Crippen MR) is 90.4 cm³/mol. The van der Waals surface area contributed by atoms with Crippen LogP contribution in [0.5, 0.6) is 0 Å². The highest BCUT2D eigenvalue weighted by Crippen LogP contribution is 2.33. The van der Waals surface area contributed by atoms with Crippen LogP contribution in [-0.4, -0.2) is 24.9 Å². The molecule has 0 saturated carbocycles. The van der Waals surface area contributed by atoms with Gasteiger partial charge in [-0.15, -0.1) is 0 Å². The molecule has 0 amide bonds. The molecule has 0 bridgehead atoms. The summed E-state index contributed by atoms with van der Waals surface area (Å²) < 4.78 is 1.78. The second kappa shape index (κ2) is 5.75. The molecule has 3 heterocycles. The van der Waals surface area contributed by atoms with Gasteiger partial charge in [-0.2, -0.15) is 10.2 Å². The minimum atomic E-state index is -0.390. The molecule has 0 aliphatic carbocycles. The Hall–Kier alpha value is -3.25. The van der Waals surface area contributed by atoms with Gasteiger partial charge in [-0.25, -0.2) is 9.61 Å². The van der Waals surface area contributed by atoms with Crippen molar-refractivity contribution in [2.75, 3.05) is 0 Å². The van der Waals surface area contributed by atoms with E-state index in [9.17, 15) is 9.90 Å². The van der Waals surface area contributed by atoms with Gasteiger partial charge in [-0.3, -0.25) is 4.79 Å². The van der Waals surface area contributed by atoms with Gasteiger partial charge < -0.3 is 5.11 Å². The number of aromatic amines is 1. The number of H-pyrrole nitrogens is 1. The number of aliphatic hydroxyl groups excluding tert-OH is 1. The molecule has 6 heteroatoms. The highest BCUT2D eigenvalue weighted by atomic mass is 16.3. The van der Waals surface area contributed by atoms with Crippen molar-refractivity contribution in [3.8, 4) is 22.5 Å². The van der Waals surface area contributed by atoms with Crippen molar-refractivity contribution in [2.45, 2.75) is 6.61 Å². The maximum absolute atomic E-state index is 11.7. The average Bonchev–Trinajstić information content (AvgIpc) is 3.02. The normalized spacial score (nSPS) is 11.0. The van der Waals surface area contributed by atoms with Gasteiger partial charge in [0.15, 0.2) is 0 Å². The molecule has 4 rings (SSSR count). The average molecular weight is 318 g/mol. The van der Waals surface area contributed by atoms with E-state index in [1.165, 1.54) is 0 Å². The number of rotatable bonds is 3. The summed E-state index contributed by atoms with van der Waals surface area (Å²) in [6.45, 7) is -0.343. The molecule has 24 heavy (non-hydrogen) atoms. The molecule has 0 fully saturated rings. The topological polar surface area (TPSA) is 83.3 Å². The zero-order valence-corrected chi connectivity index (χ0v) is 12.7. The zero-order chi connectivity index (χ0) is 16.5. The van der Waals surface area contributed by atoms with Gasteiger partial charge in [-0.05, 0) is 18.2 Å². The van der Waals surface area contributed by atoms with Crippen LogP contribution in [0, 0.1) is 0 Å². The van der Waals surface area contributed by atoms with Crippen LogP contribution in [0.2, 0.25) is 0 Å². The molecule has 0 spiro atoms. The molecule has 4 aromatic rings. The summed E-state index contributed by atoms with van der Waals surface area (Å²) in [6.07, 6.45) is 1.86. The van der Waals surface area contributed by atoms with Crippen molar-refractivity contribution in [3.05, 3.63) is 76.7 Å². The molecular formula is C18H14N4O2. The number of fused-ring (bicyclic) bond motifs is 1. The number of pyridine rings is 1. The van der Waals surface area contributed by atoms with E-state index in [1.54, 1.807) is 10.6 Å². The van der Waals surface area contributed by atoms with Gasteiger partial charge in [-0.1, -0.05) is 36.4 Å². The molecule has 1 aromatic carbocycles. The summed E-state index contributed by atoms with van der Waals surface area (Å²) in [5.41, 5.74) is 3.86. The molecule has 0 saturated heterocycles. The van der Waals surface area contributed by atoms with E-state index in [0.29, 0.717) is 5.69 Å². The molecule has 6 nitrogen and oxygen atoms in total. The number of nitrogens with one attached hydrogen (secondary N) is 1. The van der Waals surface area contributed by atoms with E-state index in [1.807, 2.05) is 54.7 Å². The third-order valence-electron chi connectivity index (χ3n) is 3.89. The minimum absolute atomic E-state index is 0.272. The maximum atomic E-state index is 11.7. The lowest BCUT2D eigenvalue weighted by atomic mass is 10.0. The van der Waals surface area contributed by atoms with E-state index in [2.05, 4.69) is 15.3 Å². The first-order valence-corrected chi connectivity index (χ1v) is 7.50. The van der Waals surface area contributed by atoms with E-state index in [-0.39, 0.29) is 17.7 Å². The summed E-state index contributed by atoms with van der Waals surface area (Å²) in [4.78, 5) is 11.7. The van der Waals surface area contributed by atoms with Crippen LogP contribution in [0.25, 0.3) is 28.0 Å². The first kappa shape index (κ1) is 14.3. The van der Waals surface area contributed by atoms with Gasteiger partial charge >= 0.3 is 0 Å². The second-order valence-corrected chi connectivity index (χ2v) is 5.39. The van der Waals surface area contributed by atoms with Crippen LogP contribution in [0.3, 0.4) is 0 Å². The number of aromatic nitrogens is 4. The summed E-state index contributed by atoms with van der Waals surface area (Å²) in [7, 11) is 0. The number of hydrogen-bond donors (Lipinski definition) is 2. The van der Waals surface area contributed by atoms with Crippen molar-refractivity contribution in [3.63, 3.8) is 0 Å². The highest BCUT2D eigenvalue weighted by molar-refractivity contribution is 5.90. The fraction of sp³-hybridized carbons (Fsp3) is 0.0556. The Kier molecular flexibility index (Phi) is 3.44. The summed E-state index contributed by atoms with van der Waals surface area (Å²) in [6, 6.07) is 17.2. The Balaban J connectivity index is 2.05. The molecule has 0 radical (unpaired) electrons. The SMILES string of the molecule is O=c1[nH]nc(-c2c(-c3ccccc3)nn3ccccc23)cc1CO. The molecule has 0 atom stereocenters. The van der Waals surface area contributed by atoms with Crippen LogP contribution < -0.4 is 5.56 Å². The molecule has 0 aliphatic heterocycles. The molecule has 0 aliphatic rings. The minimum Gasteiger partial charge on any atom is -0.391 e. The van der Waals surface area contributed by atoms with E-state index < -0.39 is 0 Å². The lowest BCUT2D eigenvalue weighted by molar-refractivity contribution is 0.280.